The summed E-state index contributed by atoms with van der Waals surface area (Å²) < 4.78 is 12.1. The van der Waals surface area contributed by atoms with Gasteiger partial charge in [-0.25, -0.2) is 0 Å². The van der Waals surface area contributed by atoms with Gasteiger partial charge in [0.1, 0.15) is 5.75 Å². The van der Waals surface area contributed by atoms with E-state index in [2.05, 4.69) is 10.4 Å². The molecule has 1 N–H and O–H groups in total. The molecular formula is C18H25N3O3S. The molecule has 0 atom stereocenters. The Kier molecular flexibility index (Phi) is 7.33. The van der Waals surface area contributed by atoms with Gasteiger partial charge < -0.3 is 14.8 Å². The molecule has 2 rings (SSSR count). The molecule has 0 aliphatic rings. The van der Waals surface area contributed by atoms with E-state index < -0.39 is 0 Å². The van der Waals surface area contributed by atoms with Gasteiger partial charge in [0.2, 0.25) is 5.91 Å². The summed E-state index contributed by atoms with van der Waals surface area (Å²) in [5.74, 6) is 1.19. The Morgan fingerprint density at radius 2 is 1.96 bits per heavy atom. The third kappa shape index (κ3) is 5.51. The number of aromatic nitrogens is 2. The number of nitrogens with one attached hydrogen (secondary N) is 1. The second-order valence-electron chi connectivity index (χ2n) is 5.61. The highest BCUT2D eigenvalue weighted by Crippen LogP contribution is 2.21. The molecule has 0 radical (unpaired) electrons. The summed E-state index contributed by atoms with van der Waals surface area (Å²) in [4.78, 5) is 13.1. The van der Waals surface area contributed by atoms with E-state index in [4.69, 9.17) is 9.47 Å². The number of carbonyl (C=O) groups excluding carboxylic acids is 1. The molecule has 7 heteroatoms. The summed E-state index contributed by atoms with van der Waals surface area (Å²) in [7, 11) is 3.31. The SMILES string of the molecule is COCCn1nc(C)c(CNC(=O)CSc2ccc(OC)cc2)c1C. The topological polar surface area (TPSA) is 65.4 Å². The van der Waals surface area contributed by atoms with Crippen molar-refractivity contribution in [3.8, 4) is 5.75 Å². The number of ether oxygens (including phenoxy) is 2. The van der Waals surface area contributed by atoms with Crippen molar-refractivity contribution in [2.24, 2.45) is 0 Å². The number of nitrogens with zero attached hydrogens (tertiary/aromatic N) is 2. The first-order valence-corrected chi connectivity index (χ1v) is 9.09. The molecule has 0 saturated heterocycles. The van der Waals surface area contributed by atoms with Crippen LogP contribution in [-0.2, 0) is 22.6 Å². The van der Waals surface area contributed by atoms with Gasteiger partial charge in [-0.3, -0.25) is 9.48 Å². The zero-order valence-electron chi connectivity index (χ0n) is 15.2. The number of thioether (sulfide) groups is 1. The molecular weight excluding hydrogens is 338 g/mol. The summed E-state index contributed by atoms with van der Waals surface area (Å²) in [5, 5.41) is 7.48. The van der Waals surface area contributed by atoms with Gasteiger partial charge in [0, 0.05) is 29.8 Å². The van der Waals surface area contributed by atoms with E-state index in [1.807, 2.05) is 42.8 Å². The minimum atomic E-state index is 0.00394. The van der Waals surface area contributed by atoms with Crippen LogP contribution >= 0.6 is 11.8 Å². The Bertz CT molecular complexity index is 698. The fourth-order valence-electron chi connectivity index (χ4n) is 2.44. The minimum Gasteiger partial charge on any atom is -0.497 e. The van der Waals surface area contributed by atoms with Crippen molar-refractivity contribution in [2.45, 2.75) is 31.8 Å². The summed E-state index contributed by atoms with van der Waals surface area (Å²) in [6, 6.07) is 7.68. The smallest absolute Gasteiger partial charge is 0.230 e. The van der Waals surface area contributed by atoms with E-state index in [0.29, 0.717) is 25.4 Å². The number of amides is 1. The van der Waals surface area contributed by atoms with Crippen LogP contribution in [0.15, 0.2) is 29.2 Å². The van der Waals surface area contributed by atoms with E-state index in [1.54, 1.807) is 14.2 Å². The number of hydrogen-bond donors (Lipinski definition) is 1. The highest BCUT2D eigenvalue weighted by atomic mass is 32.2. The van der Waals surface area contributed by atoms with Crippen molar-refractivity contribution in [1.82, 2.24) is 15.1 Å². The van der Waals surface area contributed by atoms with Gasteiger partial charge in [-0.05, 0) is 38.1 Å². The van der Waals surface area contributed by atoms with Crippen LogP contribution in [0, 0.1) is 13.8 Å². The second-order valence-corrected chi connectivity index (χ2v) is 6.66. The Hall–Kier alpha value is -1.99. The van der Waals surface area contributed by atoms with Crippen LogP contribution in [0.1, 0.15) is 17.0 Å². The molecule has 1 amide bonds. The van der Waals surface area contributed by atoms with Crippen molar-refractivity contribution < 1.29 is 14.3 Å². The Morgan fingerprint density at radius 1 is 1.24 bits per heavy atom. The van der Waals surface area contributed by atoms with Crippen LogP contribution in [0.5, 0.6) is 5.75 Å². The van der Waals surface area contributed by atoms with Crippen LogP contribution in [0.25, 0.3) is 0 Å². The first kappa shape index (κ1) is 19.3. The molecule has 0 fully saturated rings. The molecule has 1 aromatic heterocycles. The lowest BCUT2D eigenvalue weighted by Gasteiger charge is -2.07. The lowest BCUT2D eigenvalue weighted by Crippen LogP contribution is -2.25. The highest BCUT2D eigenvalue weighted by Gasteiger charge is 2.12. The van der Waals surface area contributed by atoms with Crippen molar-refractivity contribution >= 4 is 17.7 Å². The fraction of sp³-hybridized carbons (Fsp3) is 0.444. The lowest BCUT2D eigenvalue weighted by atomic mass is 10.2. The summed E-state index contributed by atoms with van der Waals surface area (Å²) >= 11 is 1.50. The molecule has 0 saturated carbocycles. The number of aryl methyl sites for hydroxylation is 1. The zero-order valence-corrected chi connectivity index (χ0v) is 16.0. The van der Waals surface area contributed by atoms with Gasteiger partial charge in [-0.15, -0.1) is 11.8 Å². The molecule has 1 heterocycles. The quantitative estimate of drug-likeness (QED) is 0.694. The van der Waals surface area contributed by atoms with Gasteiger partial charge >= 0.3 is 0 Å². The average molecular weight is 363 g/mol. The van der Waals surface area contributed by atoms with E-state index in [1.165, 1.54) is 11.8 Å². The molecule has 136 valence electrons. The molecule has 0 aliphatic carbocycles. The number of methoxy groups -OCH3 is 2. The number of carbonyl (C=O) groups is 1. The Morgan fingerprint density at radius 3 is 2.60 bits per heavy atom. The first-order chi connectivity index (χ1) is 12.0. The van der Waals surface area contributed by atoms with Gasteiger partial charge in [-0.1, -0.05) is 0 Å². The van der Waals surface area contributed by atoms with Crippen molar-refractivity contribution in [2.75, 3.05) is 26.6 Å². The molecule has 0 bridgehead atoms. The molecule has 0 unspecified atom stereocenters. The van der Waals surface area contributed by atoms with Crippen LogP contribution in [0.4, 0.5) is 0 Å². The van der Waals surface area contributed by atoms with Gasteiger partial charge in [0.15, 0.2) is 0 Å². The number of benzene rings is 1. The number of hydrogen-bond acceptors (Lipinski definition) is 5. The predicted molar refractivity (Wildman–Crippen MR) is 99.1 cm³/mol. The molecule has 6 nitrogen and oxygen atoms in total. The third-order valence-electron chi connectivity index (χ3n) is 3.93. The van der Waals surface area contributed by atoms with Gasteiger partial charge in [0.05, 0.1) is 31.7 Å². The fourth-order valence-corrected chi connectivity index (χ4v) is 3.17. The number of rotatable bonds is 9. The van der Waals surface area contributed by atoms with E-state index in [9.17, 15) is 4.79 Å². The van der Waals surface area contributed by atoms with E-state index >= 15 is 0 Å². The maximum absolute atomic E-state index is 12.1. The van der Waals surface area contributed by atoms with Crippen molar-refractivity contribution in [1.29, 1.82) is 0 Å². The zero-order chi connectivity index (χ0) is 18.2. The summed E-state index contributed by atoms with van der Waals surface area (Å²) in [5.41, 5.74) is 3.08. The Labute approximate surface area is 152 Å². The maximum Gasteiger partial charge on any atom is 0.230 e. The molecule has 0 aliphatic heterocycles. The maximum atomic E-state index is 12.1. The normalized spacial score (nSPS) is 10.7. The summed E-state index contributed by atoms with van der Waals surface area (Å²) in [6.45, 7) is 5.80. The van der Waals surface area contributed by atoms with Crippen molar-refractivity contribution in [3.05, 3.63) is 41.2 Å². The monoisotopic (exact) mass is 363 g/mol. The highest BCUT2D eigenvalue weighted by molar-refractivity contribution is 8.00. The van der Waals surface area contributed by atoms with Crippen LogP contribution in [0.2, 0.25) is 0 Å². The molecule has 2 aromatic rings. The Balaban J connectivity index is 1.84. The largest absolute Gasteiger partial charge is 0.497 e. The van der Waals surface area contributed by atoms with Crippen molar-refractivity contribution in [3.63, 3.8) is 0 Å². The molecule has 0 spiro atoms. The van der Waals surface area contributed by atoms with Crippen LogP contribution < -0.4 is 10.1 Å². The van der Waals surface area contributed by atoms with Crippen LogP contribution in [-0.4, -0.2) is 42.3 Å². The van der Waals surface area contributed by atoms with Gasteiger partial charge in [0.25, 0.3) is 0 Å². The molecule has 1 aromatic carbocycles. The van der Waals surface area contributed by atoms with E-state index in [-0.39, 0.29) is 5.91 Å². The third-order valence-corrected chi connectivity index (χ3v) is 4.94. The van der Waals surface area contributed by atoms with Gasteiger partial charge in [-0.2, -0.15) is 5.10 Å². The lowest BCUT2D eigenvalue weighted by molar-refractivity contribution is -0.118. The first-order valence-electron chi connectivity index (χ1n) is 8.10. The second kappa shape index (κ2) is 9.48. The van der Waals surface area contributed by atoms with Crippen LogP contribution in [0.3, 0.4) is 0 Å². The minimum absolute atomic E-state index is 0.00394. The molecule has 25 heavy (non-hydrogen) atoms. The standard InChI is InChI=1S/C18H25N3O3S/c1-13-17(14(2)21(20-13)9-10-23-3)11-19-18(22)12-25-16-7-5-15(24-4)6-8-16/h5-8H,9-12H2,1-4H3,(H,19,22). The van der Waals surface area contributed by atoms with E-state index in [0.717, 1.165) is 27.6 Å². The summed E-state index contributed by atoms with van der Waals surface area (Å²) in [6.07, 6.45) is 0. The predicted octanol–water partition coefficient (Wildman–Crippen LogP) is 2.56. The average Bonchev–Trinajstić information content (AvgIpc) is 2.90.